The van der Waals surface area contributed by atoms with Crippen LogP contribution in [0.25, 0.3) is 146 Å². The maximum absolute atomic E-state index is 6.33. The van der Waals surface area contributed by atoms with E-state index in [0.717, 1.165) is 128 Å². The van der Waals surface area contributed by atoms with Gasteiger partial charge in [-0.3, -0.25) is 0 Å². The SMILES string of the molecule is CC1(C)OB(c2ccc3cc(-c4cc(-c5ccc(-c6ccccc6)cc5)nc(-c5ccc(-c6ccccc6)cc5)n4)ccc3c2)OC1(C)C.CC1(C)OB(c2cccc(-c3cc(-c4ccccc4)nc(-c4ccccc4)n3)c2)OC1(C)C.CC1(C)OB(c2cccc(-c3cccc(-c4cc(-c5ccccc5)nc(-c5ccccc5)n4)c3)c2)OC1(C)C. The zero-order valence-corrected chi connectivity index (χ0v) is 70.4. The molecule has 0 saturated carbocycles. The van der Waals surface area contributed by atoms with Crippen molar-refractivity contribution in [2.45, 2.75) is 117 Å². The standard InChI is InChI=1S/C44H37BN2O2.C34H31BN2O2.C28H27BN2O2/c1-43(2)44(3,4)49-45(48-43)39-26-25-36-27-38(24-23-37(36)28-39)41-29-40(34-19-15-32(16-20-34)30-11-7-5-8-12-30)46-42(47-41)35-21-17-33(18-22-35)31-13-9-6-10-14-31;1-33(2)34(3,4)39-35(38-33)29-20-12-18-27(22-29)26-17-11-19-28(21-26)31-23-30(24-13-7-5-8-14-24)36-32(37-31)25-15-9-6-10-16-25;1-27(2)28(3,4)33-29(32-27)23-17-11-16-22(18-23)25-19-24(20-12-7-5-8-13-20)30-26(31-25)21-14-9-6-10-15-21/h5-29H,1-4H3;5-23H,1-4H3;5-19H,1-4H3. The summed E-state index contributed by atoms with van der Waals surface area (Å²) in [4.78, 5) is 30.0. The second kappa shape index (κ2) is 33.5. The highest BCUT2D eigenvalue weighted by Gasteiger charge is 2.54. The van der Waals surface area contributed by atoms with Gasteiger partial charge in [0.25, 0.3) is 0 Å². The minimum atomic E-state index is -0.418. The first kappa shape index (κ1) is 80.7. The lowest BCUT2D eigenvalue weighted by Gasteiger charge is -2.32. The largest absolute Gasteiger partial charge is 0.494 e. The highest BCUT2D eigenvalue weighted by atomic mass is 16.7. The molecule has 121 heavy (non-hydrogen) atoms. The first-order valence-electron chi connectivity index (χ1n) is 41.5. The van der Waals surface area contributed by atoms with Crippen LogP contribution in [-0.2, 0) is 27.9 Å². The molecule has 19 rings (SSSR count). The summed E-state index contributed by atoms with van der Waals surface area (Å²) in [5.41, 5.74) is 22.0. The Kier molecular flexibility index (Phi) is 22.3. The Hall–Kier alpha value is -12.7. The van der Waals surface area contributed by atoms with Crippen molar-refractivity contribution in [3.05, 3.63) is 358 Å². The molecule has 0 amide bonds. The number of rotatable bonds is 15. The summed E-state index contributed by atoms with van der Waals surface area (Å²) in [6, 6.07) is 123. The fourth-order valence-corrected chi connectivity index (χ4v) is 15.0. The van der Waals surface area contributed by atoms with E-state index in [-0.39, 0.29) is 33.6 Å². The van der Waals surface area contributed by atoms with Gasteiger partial charge in [0.15, 0.2) is 17.5 Å². The van der Waals surface area contributed by atoms with Gasteiger partial charge in [-0.2, -0.15) is 0 Å². The lowest BCUT2D eigenvalue weighted by atomic mass is 9.78. The molecule has 0 spiro atoms. The van der Waals surface area contributed by atoms with E-state index in [2.05, 4.69) is 314 Å². The third-order valence-electron chi connectivity index (χ3n) is 24.2. The summed E-state index contributed by atoms with van der Waals surface area (Å²) in [7, 11) is -1.22. The Labute approximate surface area is 711 Å². The Morgan fingerprint density at radius 3 is 0.752 bits per heavy atom. The normalized spacial score (nSPS) is 15.8. The van der Waals surface area contributed by atoms with Crippen LogP contribution in [0.1, 0.15) is 83.1 Å². The van der Waals surface area contributed by atoms with Crippen LogP contribution in [0.3, 0.4) is 0 Å². The van der Waals surface area contributed by atoms with Crippen molar-refractivity contribution in [3.8, 4) is 135 Å². The third kappa shape index (κ3) is 17.6. The number of hydrogen-bond donors (Lipinski definition) is 0. The number of aromatic nitrogens is 6. The van der Waals surface area contributed by atoms with Gasteiger partial charge in [0.2, 0.25) is 0 Å². The fourth-order valence-electron chi connectivity index (χ4n) is 15.0. The zero-order chi connectivity index (χ0) is 83.7. The van der Waals surface area contributed by atoms with E-state index >= 15 is 0 Å². The van der Waals surface area contributed by atoms with E-state index in [1.54, 1.807) is 0 Å². The first-order valence-corrected chi connectivity index (χ1v) is 41.5. The van der Waals surface area contributed by atoms with Gasteiger partial charge in [-0.05, 0) is 180 Å². The lowest BCUT2D eigenvalue weighted by molar-refractivity contribution is 0.00578. The van der Waals surface area contributed by atoms with E-state index in [9.17, 15) is 0 Å². The predicted octanol–water partition coefficient (Wildman–Crippen LogP) is 23.5. The quantitative estimate of drug-likeness (QED) is 0.0905. The Morgan fingerprint density at radius 2 is 0.380 bits per heavy atom. The molecule has 6 heterocycles. The van der Waals surface area contributed by atoms with Crippen molar-refractivity contribution in [3.63, 3.8) is 0 Å². The number of hydrogen-bond acceptors (Lipinski definition) is 12. The third-order valence-corrected chi connectivity index (χ3v) is 24.2. The van der Waals surface area contributed by atoms with Gasteiger partial charge in [0, 0.05) is 44.5 Å². The Balaban J connectivity index is 0.000000132. The van der Waals surface area contributed by atoms with Crippen molar-refractivity contribution >= 4 is 48.5 Å². The van der Waals surface area contributed by atoms with E-state index in [4.69, 9.17) is 57.8 Å². The fraction of sp³-hybridized carbons (Fsp3) is 0.170. The first-order chi connectivity index (χ1) is 58.3. The maximum Gasteiger partial charge on any atom is 0.494 e. The highest BCUT2D eigenvalue weighted by molar-refractivity contribution is 6.63. The smallest absolute Gasteiger partial charge is 0.399 e. The summed E-state index contributed by atoms with van der Waals surface area (Å²) in [6.07, 6.45) is 0. The molecule has 0 atom stereocenters. The molecule has 594 valence electrons. The molecular weight excluding hydrogens is 1490 g/mol. The van der Waals surface area contributed by atoms with Crippen LogP contribution in [0.5, 0.6) is 0 Å². The van der Waals surface area contributed by atoms with Gasteiger partial charge in [0.05, 0.1) is 67.8 Å². The predicted molar refractivity (Wildman–Crippen MR) is 496 cm³/mol. The molecule has 0 bridgehead atoms. The van der Waals surface area contributed by atoms with Crippen LogP contribution in [0, 0.1) is 0 Å². The van der Waals surface area contributed by atoms with E-state index in [0.29, 0.717) is 17.5 Å². The van der Waals surface area contributed by atoms with Crippen molar-refractivity contribution in [2.75, 3.05) is 0 Å². The van der Waals surface area contributed by atoms with Crippen molar-refractivity contribution in [1.29, 1.82) is 0 Å². The average molecular weight is 1580 g/mol. The van der Waals surface area contributed by atoms with E-state index in [1.807, 2.05) is 127 Å². The monoisotopic (exact) mass is 1580 g/mol. The molecule has 0 N–H and O–H groups in total. The number of nitrogens with zero attached hydrogens (tertiary/aromatic N) is 6. The van der Waals surface area contributed by atoms with Gasteiger partial charge in [-0.15, -0.1) is 0 Å². The molecule has 12 nitrogen and oxygen atoms in total. The summed E-state index contributed by atoms with van der Waals surface area (Å²) in [5.74, 6) is 2.10. The highest BCUT2D eigenvalue weighted by Crippen LogP contribution is 2.42. The molecule has 0 radical (unpaired) electrons. The summed E-state index contributed by atoms with van der Waals surface area (Å²) in [6.45, 7) is 24.9. The van der Waals surface area contributed by atoms with Gasteiger partial charge in [0.1, 0.15) is 0 Å². The molecule has 3 aliphatic rings. The summed E-state index contributed by atoms with van der Waals surface area (Å²) in [5, 5.41) is 2.25. The van der Waals surface area contributed by atoms with Crippen LogP contribution < -0.4 is 16.4 Å². The molecule has 16 aromatic rings. The summed E-state index contributed by atoms with van der Waals surface area (Å²) >= 11 is 0. The van der Waals surface area contributed by atoms with Gasteiger partial charge in [-0.25, -0.2) is 29.9 Å². The minimum absolute atomic E-state index is 0.381. The van der Waals surface area contributed by atoms with Crippen LogP contribution in [0.2, 0.25) is 0 Å². The molecule has 3 aromatic heterocycles. The lowest BCUT2D eigenvalue weighted by Crippen LogP contribution is -2.41. The van der Waals surface area contributed by atoms with Crippen molar-refractivity contribution in [2.24, 2.45) is 0 Å². The van der Waals surface area contributed by atoms with Crippen molar-refractivity contribution in [1.82, 2.24) is 29.9 Å². The maximum atomic E-state index is 6.33. The van der Waals surface area contributed by atoms with Crippen LogP contribution >= 0.6 is 0 Å². The molecule has 3 aliphatic heterocycles. The molecular formula is C106H95B3N6O6. The van der Waals surface area contributed by atoms with Gasteiger partial charge in [-0.1, -0.05) is 328 Å². The molecule has 15 heteroatoms. The van der Waals surface area contributed by atoms with E-state index < -0.39 is 21.4 Å². The molecule has 13 aromatic carbocycles. The van der Waals surface area contributed by atoms with Crippen LogP contribution in [0.4, 0.5) is 0 Å². The minimum Gasteiger partial charge on any atom is -0.399 e. The molecule has 0 unspecified atom stereocenters. The van der Waals surface area contributed by atoms with Gasteiger partial charge >= 0.3 is 21.4 Å². The van der Waals surface area contributed by atoms with Crippen LogP contribution in [0.15, 0.2) is 358 Å². The van der Waals surface area contributed by atoms with Crippen LogP contribution in [-0.4, -0.2) is 84.9 Å². The summed E-state index contributed by atoms with van der Waals surface area (Å²) < 4.78 is 37.8. The zero-order valence-electron chi connectivity index (χ0n) is 70.4. The number of benzene rings is 13. The Morgan fingerprint density at radius 1 is 0.165 bits per heavy atom. The number of fused-ring (bicyclic) bond motifs is 1. The molecule has 0 aliphatic carbocycles. The molecule has 3 fully saturated rings. The topological polar surface area (TPSA) is 133 Å². The second-order valence-electron chi connectivity index (χ2n) is 34.2. The molecule has 3 saturated heterocycles. The van der Waals surface area contributed by atoms with Crippen molar-refractivity contribution < 1.29 is 27.9 Å². The van der Waals surface area contributed by atoms with Gasteiger partial charge < -0.3 is 27.9 Å². The average Bonchev–Trinajstić information content (AvgIpc) is 1.61. The second-order valence-corrected chi connectivity index (χ2v) is 34.2. The Bertz CT molecular complexity index is 6100. The van der Waals surface area contributed by atoms with E-state index in [1.165, 1.54) is 16.7 Å².